The molecular formula is C25H29F4N5O5S. The Kier molecular flexibility index (Phi) is 8.83. The van der Waals surface area contributed by atoms with Crippen molar-refractivity contribution in [3.63, 3.8) is 0 Å². The van der Waals surface area contributed by atoms with Crippen LogP contribution < -0.4 is 15.4 Å². The van der Waals surface area contributed by atoms with Crippen molar-refractivity contribution in [3.8, 4) is 0 Å². The number of rotatable bonds is 7. The van der Waals surface area contributed by atoms with E-state index < -0.39 is 61.5 Å². The van der Waals surface area contributed by atoms with Gasteiger partial charge in [-0.2, -0.15) is 0 Å². The molecule has 3 N–H and O–H groups in total. The zero-order valence-electron chi connectivity index (χ0n) is 21.6. The van der Waals surface area contributed by atoms with Crippen molar-refractivity contribution < 1.29 is 40.4 Å². The van der Waals surface area contributed by atoms with Gasteiger partial charge >= 0.3 is 0 Å². The van der Waals surface area contributed by atoms with Gasteiger partial charge < -0.3 is 20.1 Å². The molecule has 3 aliphatic rings. The first-order chi connectivity index (χ1) is 18.9. The Morgan fingerprint density at radius 3 is 2.10 bits per heavy atom. The summed E-state index contributed by atoms with van der Waals surface area (Å²) in [5, 5.41) is 4.74. The highest BCUT2D eigenvalue weighted by Crippen LogP contribution is 2.33. The summed E-state index contributed by atoms with van der Waals surface area (Å²) in [6.45, 7) is 2.31. The summed E-state index contributed by atoms with van der Waals surface area (Å²) >= 11 is 0. The van der Waals surface area contributed by atoms with Crippen molar-refractivity contribution >= 4 is 33.9 Å². The molecule has 1 aliphatic carbocycles. The number of carbonyl (C=O) groups is 3. The van der Waals surface area contributed by atoms with Crippen LogP contribution in [0.5, 0.6) is 0 Å². The van der Waals surface area contributed by atoms with Gasteiger partial charge in [0.1, 0.15) is 10.6 Å². The number of halogens is 4. The van der Waals surface area contributed by atoms with Gasteiger partial charge in [0.25, 0.3) is 5.91 Å². The lowest BCUT2D eigenvalue weighted by Gasteiger charge is -2.31. The van der Waals surface area contributed by atoms with Gasteiger partial charge in [-0.05, 0) is 38.5 Å². The summed E-state index contributed by atoms with van der Waals surface area (Å²) in [4.78, 5) is 34.7. The molecule has 0 radical (unpaired) electrons. The van der Waals surface area contributed by atoms with Gasteiger partial charge in [-0.1, -0.05) is 0 Å². The van der Waals surface area contributed by atoms with E-state index in [0.717, 1.165) is 6.41 Å². The van der Waals surface area contributed by atoms with Gasteiger partial charge in [-0.15, -0.1) is 0 Å². The van der Waals surface area contributed by atoms with Crippen molar-refractivity contribution in [2.45, 2.75) is 69.0 Å². The number of fused-ring (bicyclic) bond motifs is 1. The second-order valence-corrected chi connectivity index (χ2v) is 11.5. The molecule has 1 aromatic carbocycles. The maximum atomic E-state index is 15.4. The standard InChI is InChI=1S/C21H22F4N4O4S.C4H7NO/c1-11(30)28-7-4-12(5-8-28)27-34(32,33)20-16-3-2-6-29(16)19(18(20)25)21(31)26-13-9-14(22)17(24)15(23)10-13;6-3-5-4-1-2-4/h9-10,12,27H,2-8H2,1H3,(H,26,31);3-4H,1-2H2,(H,5,6). The van der Waals surface area contributed by atoms with Crippen molar-refractivity contribution in [2.24, 2.45) is 0 Å². The predicted octanol–water partition coefficient (Wildman–Crippen LogP) is 2.43. The average molecular weight is 588 g/mol. The molecule has 10 nitrogen and oxygen atoms in total. The largest absolute Gasteiger partial charge is 0.356 e. The SMILES string of the molecule is CC(=O)N1CCC(NS(=O)(=O)c2c(F)c(C(=O)Nc3cc(F)c(F)c(F)c3)n3c2CCC3)CC1.O=CNC1CC1. The first-order valence-electron chi connectivity index (χ1n) is 12.8. The van der Waals surface area contributed by atoms with E-state index in [1.54, 1.807) is 4.90 Å². The fourth-order valence-corrected chi connectivity index (χ4v) is 6.41. The van der Waals surface area contributed by atoms with Crippen LogP contribution in [-0.2, 0) is 32.6 Å². The van der Waals surface area contributed by atoms with E-state index in [1.165, 1.54) is 24.3 Å². The molecule has 5 rings (SSSR count). The molecule has 15 heteroatoms. The third-order valence-electron chi connectivity index (χ3n) is 6.93. The van der Waals surface area contributed by atoms with Crippen LogP contribution in [0.15, 0.2) is 17.0 Å². The van der Waals surface area contributed by atoms with Crippen LogP contribution in [0.4, 0.5) is 23.2 Å². The van der Waals surface area contributed by atoms with Gasteiger partial charge in [0.05, 0.1) is 0 Å². The molecule has 3 heterocycles. The highest BCUT2D eigenvalue weighted by molar-refractivity contribution is 7.89. The first-order valence-corrected chi connectivity index (χ1v) is 14.3. The van der Waals surface area contributed by atoms with Gasteiger partial charge in [0.2, 0.25) is 22.3 Å². The summed E-state index contributed by atoms with van der Waals surface area (Å²) in [6, 6.07) is 1.09. The molecule has 1 saturated heterocycles. The zero-order chi connectivity index (χ0) is 29.2. The molecule has 2 aliphatic heterocycles. The molecule has 0 bridgehead atoms. The number of benzene rings is 1. The third-order valence-corrected chi connectivity index (χ3v) is 8.53. The van der Waals surface area contributed by atoms with E-state index in [2.05, 4.69) is 15.4 Å². The van der Waals surface area contributed by atoms with E-state index in [0.29, 0.717) is 50.5 Å². The number of nitrogens with zero attached hydrogens (tertiary/aromatic N) is 2. The predicted molar refractivity (Wildman–Crippen MR) is 135 cm³/mol. The van der Waals surface area contributed by atoms with Gasteiger partial charge in [-0.3, -0.25) is 14.4 Å². The lowest BCUT2D eigenvalue weighted by molar-refractivity contribution is -0.129. The van der Waals surface area contributed by atoms with E-state index in [9.17, 15) is 36.0 Å². The Morgan fingerprint density at radius 1 is 0.950 bits per heavy atom. The quantitative estimate of drug-likeness (QED) is 0.260. The molecule has 2 fully saturated rings. The Balaban J connectivity index is 0.000000546. The number of amides is 3. The minimum Gasteiger partial charge on any atom is -0.356 e. The van der Waals surface area contributed by atoms with Crippen LogP contribution in [0.1, 0.15) is 55.2 Å². The van der Waals surface area contributed by atoms with Crippen LogP contribution in [0.3, 0.4) is 0 Å². The topological polar surface area (TPSA) is 130 Å². The summed E-state index contributed by atoms with van der Waals surface area (Å²) in [7, 11) is -4.36. The Labute approximate surface area is 228 Å². The van der Waals surface area contributed by atoms with Crippen LogP contribution in [-0.4, -0.2) is 61.3 Å². The van der Waals surface area contributed by atoms with E-state index in [-0.39, 0.29) is 24.6 Å². The maximum Gasteiger partial charge on any atom is 0.275 e. The molecular weight excluding hydrogens is 558 g/mol. The van der Waals surface area contributed by atoms with Crippen LogP contribution in [0.25, 0.3) is 0 Å². The smallest absolute Gasteiger partial charge is 0.275 e. The van der Waals surface area contributed by atoms with Crippen LogP contribution in [0, 0.1) is 23.3 Å². The molecule has 0 unspecified atom stereocenters. The van der Waals surface area contributed by atoms with E-state index >= 15 is 4.39 Å². The monoisotopic (exact) mass is 587 g/mol. The summed E-state index contributed by atoms with van der Waals surface area (Å²) in [5.74, 6) is -7.32. The number of nitrogens with one attached hydrogen (secondary N) is 3. The third kappa shape index (κ3) is 6.46. The van der Waals surface area contributed by atoms with Crippen molar-refractivity contribution in [2.75, 3.05) is 18.4 Å². The molecule has 40 heavy (non-hydrogen) atoms. The second kappa shape index (κ2) is 12.0. The molecule has 1 saturated carbocycles. The maximum absolute atomic E-state index is 15.4. The summed E-state index contributed by atoms with van der Waals surface area (Å²) < 4.78 is 85.5. The number of hydrogen-bond acceptors (Lipinski definition) is 5. The number of piperidine rings is 1. The molecule has 1 aromatic heterocycles. The lowest BCUT2D eigenvalue weighted by atomic mass is 10.1. The van der Waals surface area contributed by atoms with Crippen molar-refractivity contribution in [1.29, 1.82) is 0 Å². The minimum absolute atomic E-state index is 0.117. The van der Waals surface area contributed by atoms with Crippen LogP contribution in [0.2, 0.25) is 0 Å². The average Bonchev–Trinajstić information content (AvgIpc) is 3.50. The highest BCUT2D eigenvalue weighted by Gasteiger charge is 2.38. The molecule has 218 valence electrons. The molecule has 3 amide bonds. The summed E-state index contributed by atoms with van der Waals surface area (Å²) in [6.07, 6.45) is 4.50. The number of aromatic nitrogens is 1. The molecule has 0 spiro atoms. The lowest BCUT2D eigenvalue weighted by Crippen LogP contribution is -2.46. The Morgan fingerprint density at radius 2 is 1.57 bits per heavy atom. The Hall–Kier alpha value is -3.46. The fraction of sp³-hybridized carbons (Fsp3) is 0.480. The number of likely N-dealkylation sites (tertiary alicyclic amines) is 1. The number of carbonyl (C=O) groups excluding carboxylic acids is 3. The van der Waals surface area contributed by atoms with Gasteiger partial charge in [0.15, 0.2) is 23.3 Å². The Bertz CT molecular complexity index is 1400. The molecule has 0 atom stereocenters. The van der Waals surface area contributed by atoms with Crippen LogP contribution >= 0.6 is 0 Å². The second-order valence-electron chi connectivity index (χ2n) is 9.86. The number of sulfonamides is 1. The normalized spacial score (nSPS) is 17.1. The van der Waals surface area contributed by atoms with Gasteiger partial charge in [-0.25, -0.2) is 30.7 Å². The summed E-state index contributed by atoms with van der Waals surface area (Å²) in [5.41, 5.74) is -0.925. The highest BCUT2D eigenvalue weighted by atomic mass is 32.2. The minimum atomic E-state index is -4.36. The molecule has 2 aromatic rings. The fourth-order valence-electron chi connectivity index (χ4n) is 4.76. The van der Waals surface area contributed by atoms with E-state index in [1.807, 2.05) is 0 Å². The number of anilines is 1. The van der Waals surface area contributed by atoms with E-state index in [4.69, 9.17) is 0 Å². The first kappa shape index (κ1) is 29.5. The van der Waals surface area contributed by atoms with Crippen molar-refractivity contribution in [3.05, 3.63) is 46.8 Å². The van der Waals surface area contributed by atoms with Crippen molar-refractivity contribution in [1.82, 2.24) is 19.5 Å². The van der Waals surface area contributed by atoms with Gasteiger partial charge in [0, 0.05) is 62.2 Å². The zero-order valence-corrected chi connectivity index (χ0v) is 22.4. The number of hydrogen-bond donors (Lipinski definition) is 3.